The van der Waals surface area contributed by atoms with E-state index in [0.717, 1.165) is 18.8 Å². The number of aliphatic hydroxyl groups is 1. The average molecular weight is 156 g/mol. The molecule has 0 atom stereocenters. The first-order chi connectivity index (χ1) is 5.33. The minimum Gasteiger partial charge on any atom is -0.393 e. The Labute approximate surface area is 69.8 Å². The monoisotopic (exact) mass is 156 g/mol. The smallest absolute Gasteiger partial charge is 0.0540 e. The fourth-order valence-corrected chi connectivity index (χ4v) is 1.93. The van der Waals surface area contributed by atoms with E-state index in [9.17, 15) is 5.11 Å². The van der Waals surface area contributed by atoms with E-state index in [1.807, 2.05) is 0 Å². The molecule has 0 aromatic rings. The molecule has 0 radical (unpaired) electrons. The van der Waals surface area contributed by atoms with Crippen molar-refractivity contribution in [1.82, 2.24) is 0 Å². The summed E-state index contributed by atoms with van der Waals surface area (Å²) in [6.45, 7) is 2.25. The molecule has 11 heavy (non-hydrogen) atoms. The van der Waals surface area contributed by atoms with Gasteiger partial charge in [0.2, 0.25) is 0 Å². The molecule has 1 heteroatoms. The summed E-state index contributed by atoms with van der Waals surface area (Å²) in [7, 11) is 0. The Hall–Kier alpha value is -0.0400. The van der Waals surface area contributed by atoms with Crippen LogP contribution in [0.4, 0.5) is 0 Å². The van der Waals surface area contributed by atoms with Crippen LogP contribution in [0.2, 0.25) is 0 Å². The van der Waals surface area contributed by atoms with Gasteiger partial charge in [0.15, 0.2) is 0 Å². The molecule has 0 aromatic heterocycles. The number of unbranched alkanes of at least 4 members (excludes halogenated alkanes) is 1. The van der Waals surface area contributed by atoms with Gasteiger partial charge in [0.1, 0.15) is 0 Å². The van der Waals surface area contributed by atoms with E-state index in [-0.39, 0.29) is 6.10 Å². The van der Waals surface area contributed by atoms with Gasteiger partial charge in [-0.25, -0.2) is 0 Å². The highest BCUT2D eigenvalue weighted by Crippen LogP contribution is 2.27. The Balaban J connectivity index is 2.07. The van der Waals surface area contributed by atoms with Gasteiger partial charge in [-0.3, -0.25) is 0 Å². The van der Waals surface area contributed by atoms with Gasteiger partial charge >= 0.3 is 0 Å². The summed E-state index contributed by atoms with van der Waals surface area (Å²) in [5.41, 5.74) is 0. The maximum absolute atomic E-state index is 9.25. The zero-order chi connectivity index (χ0) is 8.10. The molecule has 66 valence electrons. The van der Waals surface area contributed by atoms with Gasteiger partial charge in [-0.2, -0.15) is 0 Å². The molecule has 1 fully saturated rings. The van der Waals surface area contributed by atoms with Crippen LogP contribution < -0.4 is 0 Å². The highest BCUT2D eigenvalue weighted by molar-refractivity contribution is 4.71. The predicted molar refractivity (Wildman–Crippen MR) is 47.5 cm³/mol. The lowest BCUT2D eigenvalue weighted by atomic mass is 9.84. The average Bonchev–Trinajstić information content (AvgIpc) is 2.04. The molecule has 0 spiro atoms. The van der Waals surface area contributed by atoms with Gasteiger partial charge in [-0.15, -0.1) is 0 Å². The SMILES string of the molecule is CCCC[C@H]1CC[C@H](O)CC1. The maximum Gasteiger partial charge on any atom is 0.0540 e. The van der Waals surface area contributed by atoms with Gasteiger partial charge in [-0.1, -0.05) is 26.2 Å². The topological polar surface area (TPSA) is 20.2 Å². The third kappa shape index (κ3) is 3.24. The Morgan fingerprint density at radius 1 is 1.18 bits per heavy atom. The van der Waals surface area contributed by atoms with Crippen LogP contribution in [-0.2, 0) is 0 Å². The summed E-state index contributed by atoms with van der Waals surface area (Å²) in [5, 5.41) is 9.25. The van der Waals surface area contributed by atoms with E-state index < -0.39 is 0 Å². The Bertz CT molecular complexity index is 90.3. The summed E-state index contributed by atoms with van der Waals surface area (Å²) in [6, 6.07) is 0. The van der Waals surface area contributed by atoms with Crippen molar-refractivity contribution >= 4 is 0 Å². The molecule has 1 aliphatic rings. The summed E-state index contributed by atoms with van der Waals surface area (Å²) >= 11 is 0. The van der Waals surface area contributed by atoms with E-state index in [1.54, 1.807) is 0 Å². The quantitative estimate of drug-likeness (QED) is 0.666. The van der Waals surface area contributed by atoms with E-state index in [2.05, 4.69) is 6.92 Å². The molecular weight excluding hydrogens is 136 g/mol. The van der Waals surface area contributed by atoms with Crippen LogP contribution in [0.1, 0.15) is 51.9 Å². The maximum atomic E-state index is 9.25. The second-order valence-corrected chi connectivity index (χ2v) is 3.82. The molecule has 0 amide bonds. The molecule has 1 rings (SSSR count). The minimum absolute atomic E-state index is 0.0212. The largest absolute Gasteiger partial charge is 0.393 e. The zero-order valence-electron chi connectivity index (χ0n) is 7.55. The summed E-state index contributed by atoms with van der Waals surface area (Å²) < 4.78 is 0. The molecule has 0 unspecified atom stereocenters. The van der Waals surface area contributed by atoms with Crippen molar-refractivity contribution in [1.29, 1.82) is 0 Å². The van der Waals surface area contributed by atoms with Crippen LogP contribution in [-0.4, -0.2) is 11.2 Å². The highest BCUT2D eigenvalue weighted by atomic mass is 16.3. The Morgan fingerprint density at radius 2 is 1.82 bits per heavy atom. The highest BCUT2D eigenvalue weighted by Gasteiger charge is 2.18. The lowest BCUT2D eigenvalue weighted by molar-refractivity contribution is 0.106. The second-order valence-electron chi connectivity index (χ2n) is 3.82. The van der Waals surface area contributed by atoms with Crippen molar-refractivity contribution in [2.75, 3.05) is 0 Å². The van der Waals surface area contributed by atoms with Gasteiger partial charge in [0.05, 0.1) is 6.10 Å². The lowest BCUT2D eigenvalue weighted by Gasteiger charge is -2.24. The number of hydrogen-bond acceptors (Lipinski definition) is 1. The van der Waals surface area contributed by atoms with E-state index in [4.69, 9.17) is 0 Å². The van der Waals surface area contributed by atoms with Gasteiger partial charge < -0.3 is 5.11 Å². The van der Waals surface area contributed by atoms with Crippen molar-refractivity contribution in [2.45, 2.75) is 58.0 Å². The van der Waals surface area contributed by atoms with Crippen molar-refractivity contribution in [2.24, 2.45) is 5.92 Å². The van der Waals surface area contributed by atoms with Crippen LogP contribution in [0.5, 0.6) is 0 Å². The van der Waals surface area contributed by atoms with E-state index in [0.29, 0.717) is 0 Å². The summed E-state index contributed by atoms with van der Waals surface area (Å²) in [6.07, 6.45) is 8.74. The molecular formula is C10H20O. The number of aliphatic hydroxyl groups excluding tert-OH is 1. The fourth-order valence-electron chi connectivity index (χ4n) is 1.93. The molecule has 1 saturated carbocycles. The molecule has 0 heterocycles. The molecule has 0 aromatic carbocycles. The molecule has 1 N–H and O–H groups in total. The molecule has 0 saturated heterocycles. The zero-order valence-corrected chi connectivity index (χ0v) is 7.55. The van der Waals surface area contributed by atoms with Crippen molar-refractivity contribution in [3.63, 3.8) is 0 Å². The van der Waals surface area contributed by atoms with E-state index >= 15 is 0 Å². The molecule has 1 aliphatic carbocycles. The first-order valence-corrected chi connectivity index (χ1v) is 5.01. The van der Waals surface area contributed by atoms with Gasteiger partial charge in [0, 0.05) is 0 Å². The molecule has 0 aliphatic heterocycles. The van der Waals surface area contributed by atoms with Crippen LogP contribution in [0.3, 0.4) is 0 Å². The molecule has 1 nitrogen and oxygen atoms in total. The van der Waals surface area contributed by atoms with Crippen molar-refractivity contribution in [3.8, 4) is 0 Å². The summed E-state index contributed by atoms with van der Waals surface area (Å²) in [5.74, 6) is 0.929. The third-order valence-corrected chi connectivity index (χ3v) is 2.78. The summed E-state index contributed by atoms with van der Waals surface area (Å²) in [4.78, 5) is 0. The standard InChI is InChI=1S/C10H20O/c1-2-3-4-9-5-7-10(11)8-6-9/h9-11H,2-8H2,1H3/t9-,10-. The number of hydrogen-bond donors (Lipinski definition) is 1. The van der Waals surface area contributed by atoms with Crippen LogP contribution in [0.15, 0.2) is 0 Å². The second kappa shape index (κ2) is 4.76. The first kappa shape index (κ1) is 9.05. The van der Waals surface area contributed by atoms with Crippen LogP contribution >= 0.6 is 0 Å². The van der Waals surface area contributed by atoms with Crippen molar-refractivity contribution < 1.29 is 5.11 Å². The molecule has 0 bridgehead atoms. The van der Waals surface area contributed by atoms with Crippen LogP contribution in [0, 0.1) is 5.92 Å². The minimum atomic E-state index is 0.0212. The third-order valence-electron chi connectivity index (χ3n) is 2.78. The van der Waals surface area contributed by atoms with Gasteiger partial charge in [0.25, 0.3) is 0 Å². The predicted octanol–water partition coefficient (Wildman–Crippen LogP) is 2.73. The Kier molecular flexibility index (Phi) is 3.92. The van der Waals surface area contributed by atoms with Crippen molar-refractivity contribution in [3.05, 3.63) is 0 Å². The number of rotatable bonds is 3. The fraction of sp³-hybridized carbons (Fsp3) is 1.00. The Morgan fingerprint density at radius 3 is 2.36 bits per heavy atom. The first-order valence-electron chi connectivity index (χ1n) is 5.01. The normalized spacial score (nSPS) is 32.2. The van der Waals surface area contributed by atoms with E-state index in [1.165, 1.54) is 32.1 Å². The lowest BCUT2D eigenvalue weighted by Crippen LogP contribution is -2.17. The van der Waals surface area contributed by atoms with Gasteiger partial charge in [-0.05, 0) is 31.6 Å². The van der Waals surface area contributed by atoms with Crippen LogP contribution in [0.25, 0.3) is 0 Å².